The monoisotopic (exact) mass is 492 g/mol. The maximum absolute atomic E-state index is 14.1. The molecular weight excluding hydrogens is 474 g/mol. The lowest BCUT2D eigenvalue weighted by Crippen LogP contribution is -2.24. The Balaban J connectivity index is 2.02. The van der Waals surface area contributed by atoms with Crippen molar-refractivity contribution in [3.63, 3.8) is 0 Å². The van der Waals surface area contributed by atoms with Crippen molar-refractivity contribution in [1.82, 2.24) is 9.55 Å². The van der Waals surface area contributed by atoms with E-state index in [-0.39, 0.29) is 17.9 Å². The second-order valence-electron chi connectivity index (χ2n) is 7.28. The zero-order valence-corrected chi connectivity index (χ0v) is 17.8. The zero-order valence-electron chi connectivity index (χ0n) is 16.9. The van der Waals surface area contributed by atoms with Crippen molar-refractivity contribution in [3.05, 3.63) is 77.4 Å². The number of benzene rings is 2. The van der Waals surface area contributed by atoms with Gasteiger partial charge in [0.25, 0.3) is 0 Å². The minimum absolute atomic E-state index is 0.0738. The molecule has 0 saturated heterocycles. The fourth-order valence-corrected chi connectivity index (χ4v) is 3.76. The van der Waals surface area contributed by atoms with Crippen molar-refractivity contribution in [1.29, 1.82) is 0 Å². The smallest absolute Gasteiger partial charge is 0.381 e. The van der Waals surface area contributed by atoms with Crippen LogP contribution in [0.3, 0.4) is 0 Å². The summed E-state index contributed by atoms with van der Waals surface area (Å²) in [6, 6.07) is 7.07. The van der Waals surface area contributed by atoms with Crippen LogP contribution in [0, 0.1) is 0 Å². The molecule has 178 valence electrons. The van der Waals surface area contributed by atoms with Crippen LogP contribution in [0.25, 0.3) is 0 Å². The Labute approximate surface area is 185 Å². The molecule has 0 aliphatic heterocycles. The van der Waals surface area contributed by atoms with Crippen molar-refractivity contribution >= 4 is 15.7 Å². The molecule has 1 aromatic heterocycles. The lowest BCUT2D eigenvalue weighted by molar-refractivity contribution is -0.141. The van der Waals surface area contributed by atoms with Gasteiger partial charge in [0.2, 0.25) is 10.0 Å². The van der Waals surface area contributed by atoms with E-state index in [2.05, 4.69) is 10.3 Å². The highest BCUT2D eigenvalue weighted by molar-refractivity contribution is 7.89. The number of primary sulfonamides is 1. The molecule has 3 N–H and O–H groups in total. The molecular formula is C20H18F6N4O2S. The summed E-state index contributed by atoms with van der Waals surface area (Å²) in [6.07, 6.45) is -7.03. The molecule has 3 rings (SSSR count). The van der Waals surface area contributed by atoms with Crippen LogP contribution in [0.4, 0.5) is 32.0 Å². The van der Waals surface area contributed by atoms with Crippen LogP contribution in [0.1, 0.15) is 28.3 Å². The minimum Gasteiger partial charge on any atom is -0.381 e. The maximum Gasteiger partial charge on any atom is 0.416 e. The molecule has 1 unspecified atom stereocenters. The first kappa shape index (κ1) is 24.6. The van der Waals surface area contributed by atoms with Gasteiger partial charge in [-0.15, -0.1) is 0 Å². The highest BCUT2D eigenvalue weighted by Crippen LogP contribution is 2.43. The molecule has 0 aliphatic carbocycles. The molecule has 0 aliphatic rings. The molecule has 1 atom stereocenters. The number of hydrogen-bond acceptors (Lipinski definition) is 4. The summed E-state index contributed by atoms with van der Waals surface area (Å²) in [5.74, 6) is -2.28. The van der Waals surface area contributed by atoms with Gasteiger partial charge in [-0.2, -0.15) is 26.3 Å². The number of aryl methyl sites for hydroxylation is 1. The van der Waals surface area contributed by atoms with Crippen LogP contribution in [0.2, 0.25) is 0 Å². The number of nitrogens with two attached hydrogens (primary N) is 1. The van der Waals surface area contributed by atoms with E-state index in [4.69, 9.17) is 5.14 Å². The third kappa shape index (κ3) is 5.85. The topological polar surface area (TPSA) is 90.0 Å². The number of imidazole rings is 1. The lowest BCUT2D eigenvalue weighted by Gasteiger charge is -2.23. The Morgan fingerprint density at radius 1 is 1.06 bits per heavy atom. The summed E-state index contributed by atoms with van der Waals surface area (Å²) < 4.78 is 105. The van der Waals surface area contributed by atoms with Crippen LogP contribution in [0.15, 0.2) is 59.9 Å². The molecule has 0 radical (unpaired) electrons. The zero-order chi connectivity index (χ0) is 24.6. The second-order valence-corrected chi connectivity index (χ2v) is 8.84. The number of alkyl halides is 6. The molecule has 13 heteroatoms. The normalized spacial score (nSPS) is 13.7. The Morgan fingerprint density at radius 2 is 1.70 bits per heavy atom. The minimum atomic E-state index is -4.84. The quantitative estimate of drug-likeness (QED) is 0.500. The number of sulfonamides is 1. The first-order chi connectivity index (χ1) is 15.2. The fourth-order valence-electron chi connectivity index (χ4n) is 3.21. The number of anilines is 1. The van der Waals surface area contributed by atoms with Crippen LogP contribution in [-0.2, 0) is 29.8 Å². The molecule has 0 bridgehead atoms. The third-order valence-corrected chi connectivity index (χ3v) is 5.69. The first-order valence-corrected chi connectivity index (χ1v) is 10.8. The van der Waals surface area contributed by atoms with E-state index in [0.29, 0.717) is 5.56 Å². The molecule has 3 aromatic rings. The molecule has 0 amide bonds. The molecule has 0 saturated carbocycles. The molecule has 0 spiro atoms. The van der Waals surface area contributed by atoms with E-state index >= 15 is 0 Å². The van der Waals surface area contributed by atoms with Crippen molar-refractivity contribution in [3.8, 4) is 0 Å². The predicted octanol–water partition coefficient (Wildman–Crippen LogP) is 4.39. The van der Waals surface area contributed by atoms with E-state index in [1.165, 1.54) is 30.1 Å². The van der Waals surface area contributed by atoms with Gasteiger partial charge in [0.15, 0.2) is 0 Å². The van der Waals surface area contributed by atoms with Crippen LogP contribution in [0.5, 0.6) is 0 Å². The number of nitrogens with zero attached hydrogens (tertiary/aromatic N) is 2. The highest BCUT2D eigenvalue weighted by atomic mass is 32.2. The SMILES string of the molecule is Cn1cnc(C(c2cc(S(N)(=O)=O)ccc2NCc2ccc(C(F)(F)F)cc2)C(F)(F)F)c1. The summed E-state index contributed by atoms with van der Waals surface area (Å²) in [4.78, 5) is 3.25. The summed E-state index contributed by atoms with van der Waals surface area (Å²) in [5, 5.41) is 7.85. The molecule has 6 nitrogen and oxygen atoms in total. The van der Waals surface area contributed by atoms with Crippen molar-refractivity contribution < 1.29 is 34.8 Å². The summed E-state index contributed by atoms with van der Waals surface area (Å²) in [6.45, 7) is -0.118. The number of halogens is 6. The Hall–Kier alpha value is -3.06. The van der Waals surface area contributed by atoms with Crippen molar-refractivity contribution in [2.24, 2.45) is 12.2 Å². The number of nitrogens with one attached hydrogen (secondary N) is 1. The van der Waals surface area contributed by atoms with Crippen LogP contribution >= 0.6 is 0 Å². The second kappa shape index (κ2) is 8.71. The third-order valence-electron chi connectivity index (χ3n) is 4.77. The van der Waals surface area contributed by atoms with Gasteiger partial charge in [-0.05, 0) is 41.5 Å². The lowest BCUT2D eigenvalue weighted by atomic mass is 9.93. The Morgan fingerprint density at radius 3 is 2.18 bits per heavy atom. The number of rotatable bonds is 6. The van der Waals surface area contributed by atoms with Gasteiger partial charge < -0.3 is 9.88 Å². The summed E-state index contributed by atoms with van der Waals surface area (Å²) >= 11 is 0. The first-order valence-electron chi connectivity index (χ1n) is 9.27. The fraction of sp³-hybridized carbons (Fsp3) is 0.250. The van der Waals surface area contributed by atoms with Crippen LogP contribution in [-0.4, -0.2) is 24.1 Å². The van der Waals surface area contributed by atoms with Crippen LogP contribution < -0.4 is 10.5 Å². The summed E-state index contributed by atoms with van der Waals surface area (Å²) in [5.41, 5.74) is -1.38. The molecule has 0 fully saturated rings. The van der Waals surface area contributed by atoms with Gasteiger partial charge in [0.1, 0.15) is 5.92 Å². The number of aromatic nitrogens is 2. The Bertz CT molecular complexity index is 1230. The molecule has 1 heterocycles. The maximum atomic E-state index is 14.1. The van der Waals surface area contributed by atoms with Crippen molar-refractivity contribution in [2.45, 2.75) is 29.7 Å². The van der Waals surface area contributed by atoms with Gasteiger partial charge in [-0.25, -0.2) is 18.5 Å². The summed E-state index contributed by atoms with van der Waals surface area (Å²) in [7, 11) is -2.83. The van der Waals surface area contributed by atoms with Gasteiger partial charge in [0, 0.05) is 25.5 Å². The van der Waals surface area contributed by atoms with Gasteiger partial charge in [0.05, 0.1) is 22.5 Å². The van der Waals surface area contributed by atoms with Gasteiger partial charge in [-0.1, -0.05) is 12.1 Å². The predicted molar refractivity (Wildman–Crippen MR) is 108 cm³/mol. The van der Waals surface area contributed by atoms with E-state index in [9.17, 15) is 34.8 Å². The van der Waals surface area contributed by atoms with Gasteiger partial charge in [-0.3, -0.25) is 0 Å². The van der Waals surface area contributed by atoms with E-state index in [0.717, 1.165) is 36.5 Å². The average molecular weight is 492 g/mol. The molecule has 2 aromatic carbocycles. The van der Waals surface area contributed by atoms with Crippen molar-refractivity contribution in [2.75, 3.05) is 5.32 Å². The highest BCUT2D eigenvalue weighted by Gasteiger charge is 2.44. The standard InChI is InChI=1S/C20H18F6N4O2S/c1-30-10-17(29-11-30)18(20(24,25)26)15-8-14(33(27,31)32)6-7-16(15)28-9-12-2-4-13(5-3-12)19(21,22)23/h2-8,10-11,18,28H,9H2,1H3,(H2,27,31,32). The van der Waals surface area contributed by atoms with Gasteiger partial charge >= 0.3 is 12.4 Å². The molecule has 33 heavy (non-hydrogen) atoms. The number of hydrogen-bond donors (Lipinski definition) is 2. The van der Waals surface area contributed by atoms with E-state index in [1.54, 1.807) is 0 Å². The average Bonchev–Trinajstić information content (AvgIpc) is 3.10. The Kier molecular flexibility index (Phi) is 6.48. The van der Waals surface area contributed by atoms with E-state index in [1.807, 2.05) is 0 Å². The van der Waals surface area contributed by atoms with E-state index < -0.39 is 44.3 Å². The largest absolute Gasteiger partial charge is 0.416 e.